The van der Waals surface area contributed by atoms with Crippen LogP contribution in [0.4, 0.5) is 5.69 Å². The predicted molar refractivity (Wildman–Crippen MR) is 122 cm³/mol. The number of carbonyl (C=O) groups excluding carboxylic acids is 1. The van der Waals surface area contributed by atoms with Crippen LogP contribution >= 0.6 is 0 Å². The molecule has 3 rings (SSSR count). The van der Waals surface area contributed by atoms with Gasteiger partial charge >= 0.3 is 0 Å². The van der Waals surface area contributed by atoms with Gasteiger partial charge in [0, 0.05) is 12.2 Å². The Bertz CT molecular complexity index is 1050. The zero-order chi connectivity index (χ0) is 22.8. The number of hydrogen-bond acceptors (Lipinski definition) is 6. The van der Waals surface area contributed by atoms with E-state index in [1.54, 1.807) is 48.5 Å². The van der Waals surface area contributed by atoms with E-state index < -0.39 is 0 Å². The van der Waals surface area contributed by atoms with Crippen molar-refractivity contribution in [2.24, 2.45) is 0 Å². The molecule has 0 spiro atoms. The molecule has 32 heavy (non-hydrogen) atoms. The van der Waals surface area contributed by atoms with Crippen LogP contribution in [0.1, 0.15) is 35.7 Å². The van der Waals surface area contributed by atoms with E-state index in [9.17, 15) is 4.79 Å². The number of anilines is 1. The second-order valence-corrected chi connectivity index (χ2v) is 7.02. The van der Waals surface area contributed by atoms with Gasteiger partial charge in [0.25, 0.3) is 5.91 Å². The summed E-state index contributed by atoms with van der Waals surface area (Å²) >= 11 is 0. The summed E-state index contributed by atoms with van der Waals surface area (Å²) < 4.78 is 17.0. The first-order chi connectivity index (χ1) is 15.6. The molecule has 0 aliphatic rings. The molecule has 0 aliphatic heterocycles. The zero-order valence-corrected chi connectivity index (χ0v) is 18.3. The van der Waals surface area contributed by atoms with E-state index in [0.717, 1.165) is 25.4 Å². The molecule has 1 heterocycles. The molecular formula is C25H27N3O4. The maximum atomic E-state index is 12.5. The molecule has 0 saturated carbocycles. The topological polar surface area (TPSA) is 87.7 Å². The maximum absolute atomic E-state index is 12.5. The van der Waals surface area contributed by atoms with Crippen molar-refractivity contribution >= 4 is 11.6 Å². The summed E-state index contributed by atoms with van der Waals surface area (Å²) in [6.45, 7) is 7.86. The Labute approximate surface area is 188 Å². The second kappa shape index (κ2) is 11.6. The Kier molecular flexibility index (Phi) is 8.29. The number of hydrogen-bond donors (Lipinski definition) is 1. The van der Waals surface area contributed by atoms with Gasteiger partial charge < -0.3 is 24.1 Å². The van der Waals surface area contributed by atoms with Crippen molar-refractivity contribution in [3.05, 3.63) is 77.7 Å². The van der Waals surface area contributed by atoms with Crippen LogP contribution < -0.4 is 14.8 Å². The summed E-state index contributed by atoms with van der Waals surface area (Å²) in [5, 5.41) is 11.9. The Morgan fingerprint density at radius 2 is 1.78 bits per heavy atom. The van der Waals surface area contributed by atoms with Crippen molar-refractivity contribution in [3.63, 3.8) is 0 Å². The summed E-state index contributed by atoms with van der Waals surface area (Å²) in [4.78, 5) is 14.8. The first-order valence-electron chi connectivity index (χ1n) is 10.6. The lowest BCUT2D eigenvalue weighted by Gasteiger charge is -2.18. The number of amides is 1. The highest BCUT2D eigenvalue weighted by atomic mass is 16.5. The number of carbonyl (C=O) groups is 1. The number of likely N-dealkylation sites (N-methyl/N-ethyl adjacent to an activating group) is 1. The standard InChI is InChI=1S/C25H27N3O4/c1-3-28(4-2)15-16-30-21-11-9-20(10-12-21)27-25(29)24-14-13-22(32-24)18-31-23-8-6-5-7-19(23)17-26/h5-14H,3-4,15-16,18H2,1-2H3,(H,27,29). The van der Waals surface area contributed by atoms with E-state index in [1.165, 1.54) is 0 Å². The molecule has 1 aromatic heterocycles. The highest BCUT2D eigenvalue weighted by molar-refractivity contribution is 6.02. The number of benzene rings is 2. The van der Waals surface area contributed by atoms with Crippen molar-refractivity contribution in [3.8, 4) is 17.6 Å². The van der Waals surface area contributed by atoms with Crippen LogP contribution in [-0.2, 0) is 6.61 Å². The number of nitrogens with one attached hydrogen (secondary N) is 1. The zero-order valence-electron chi connectivity index (χ0n) is 18.3. The van der Waals surface area contributed by atoms with Crippen molar-refractivity contribution in [2.45, 2.75) is 20.5 Å². The molecule has 0 radical (unpaired) electrons. The molecule has 0 fully saturated rings. The van der Waals surface area contributed by atoms with Crippen LogP contribution in [0.3, 0.4) is 0 Å². The van der Waals surface area contributed by atoms with Crippen LogP contribution in [0.15, 0.2) is 65.1 Å². The summed E-state index contributed by atoms with van der Waals surface area (Å²) in [6.07, 6.45) is 0. The van der Waals surface area contributed by atoms with Gasteiger partial charge in [0.05, 0.1) is 5.56 Å². The predicted octanol–water partition coefficient (Wildman–Crippen LogP) is 4.70. The third-order valence-electron chi connectivity index (χ3n) is 4.95. The molecule has 2 aromatic carbocycles. The lowest BCUT2D eigenvalue weighted by molar-refractivity contribution is 0.0992. The molecule has 0 atom stereocenters. The minimum absolute atomic E-state index is 0.117. The van der Waals surface area contributed by atoms with Gasteiger partial charge in [-0.1, -0.05) is 26.0 Å². The monoisotopic (exact) mass is 433 g/mol. The van der Waals surface area contributed by atoms with Crippen molar-refractivity contribution in [1.29, 1.82) is 5.26 Å². The van der Waals surface area contributed by atoms with Gasteiger partial charge in [-0.2, -0.15) is 5.26 Å². The Morgan fingerprint density at radius 3 is 2.50 bits per heavy atom. The first kappa shape index (κ1) is 22.9. The number of para-hydroxylation sites is 1. The fourth-order valence-electron chi connectivity index (χ4n) is 3.07. The van der Waals surface area contributed by atoms with Gasteiger partial charge in [-0.25, -0.2) is 0 Å². The second-order valence-electron chi connectivity index (χ2n) is 7.02. The molecule has 7 nitrogen and oxygen atoms in total. The largest absolute Gasteiger partial charge is 0.492 e. The number of furan rings is 1. The Morgan fingerprint density at radius 1 is 1.03 bits per heavy atom. The fraction of sp³-hybridized carbons (Fsp3) is 0.280. The number of nitrogens with zero attached hydrogens (tertiary/aromatic N) is 2. The minimum atomic E-state index is -0.358. The summed E-state index contributed by atoms with van der Waals surface area (Å²) in [6, 6.07) is 19.5. The molecule has 0 bridgehead atoms. The molecule has 1 N–H and O–H groups in total. The molecular weight excluding hydrogens is 406 g/mol. The Balaban J connectivity index is 1.50. The quantitative estimate of drug-likeness (QED) is 0.471. The van der Waals surface area contributed by atoms with Gasteiger partial charge in [0.1, 0.15) is 36.5 Å². The first-order valence-corrected chi connectivity index (χ1v) is 10.6. The average molecular weight is 434 g/mol. The molecule has 1 amide bonds. The van der Waals surface area contributed by atoms with Crippen LogP contribution in [0.25, 0.3) is 0 Å². The van der Waals surface area contributed by atoms with Crippen molar-refractivity contribution < 1.29 is 18.7 Å². The SMILES string of the molecule is CCN(CC)CCOc1ccc(NC(=O)c2ccc(COc3ccccc3C#N)o2)cc1. The molecule has 0 unspecified atom stereocenters. The molecule has 7 heteroatoms. The van der Waals surface area contributed by atoms with Gasteiger partial charge in [0.2, 0.25) is 0 Å². The molecule has 166 valence electrons. The van der Waals surface area contributed by atoms with Gasteiger partial charge in [-0.3, -0.25) is 4.79 Å². The Hall–Kier alpha value is -3.76. The van der Waals surface area contributed by atoms with Crippen molar-refractivity contribution in [2.75, 3.05) is 31.6 Å². The van der Waals surface area contributed by atoms with E-state index in [2.05, 4.69) is 30.1 Å². The van der Waals surface area contributed by atoms with E-state index in [1.807, 2.05) is 12.1 Å². The molecule has 0 aliphatic carbocycles. The lowest BCUT2D eigenvalue weighted by atomic mass is 10.2. The van der Waals surface area contributed by atoms with E-state index in [-0.39, 0.29) is 18.3 Å². The molecule has 0 saturated heterocycles. The average Bonchev–Trinajstić information content (AvgIpc) is 3.31. The van der Waals surface area contributed by atoms with Gasteiger partial charge in [-0.15, -0.1) is 0 Å². The molecule has 3 aromatic rings. The van der Waals surface area contributed by atoms with Crippen LogP contribution in [0.2, 0.25) is 0 Å². The smallest absolute Gasteiger partial charge is 0.291 e. The lowest BCUT2D eigenvalue weighted by Crippen LogP contribution is -2.27. The van der Waals surface area contributed by atoms with Crippen LogP contribution in [0, 0.1) is 11.3 Å². The number of nitriles is 1. The summed E-state index contributed by atoms with van der Waals surface area (Å²) in [5.41, 5.74) is 1.08. The highest BCUT2D eigenvalue weighted by Gasteiger charge is 2.13. The summed E-state index contributed by atoms with van der Waals surface area (Å²) in [7, 11) is 0. The number of ether oxygens (including phenoxy) is 2. The van der Waals surface area contributed by atoms with E-state index in [0.29, 0.717) is 29.4 Å². The van der Waals surface area contributed by atoms with Crippen LogP contribution in [0.5, 0.6) is 11.5 Å². The van der Waals surface area contributed by atoms with E-state index in [4.69, 9.17) is 19.2 Å². The van der Waals surface area contributed by atoms with Crippen LogP contribution in [-0.4, -0.2) is 37.0 Å². The van der Waals surface area contributed by atoms with E-state index >= 15 is 0 Å². The normalized spacial score (nSPS) is 10.6. The van der Waals surface area contributed by atoms with Gasteiger partial charge in [0.15, 0.2) is 5.76 Å². The highest BCUT2D eigenvalue weighted by Crippen LogP contribution is 2.20. The van der Waals surface area contributed by atoms with Crippen molar-refractivity contribution in [1.82, 2.24) is 4.90 Å². The number of rotatable bonds is 11. The summed E-state index contributed by atoms with van der Waals surface area (Å²) in [5.74, 6) is 1.53. The minimum Gasteiger partial charge on any atom is -0.492 e. The third-order valence-corrected chi connectivity index (χ3v) is 4.95. The third kappa shape index (κ3) is 6.37. The maximum Gasteiger partial charge on any atom is 0.291 e. The van der Waals surface area contributed by atoms with Gasteiger partial charge in [-0.05, 0) is 61.6 Å². The fourth-order valence-corrected chi connectivity index (χ4v) is 3.07.